The standard InChI is InChI=1S/C9H12BrClN4O/c1-14(2)6(16)4-15(3)9-7(10)8(11)12-5-13-9/h5H,4H2,1-3H3. The molecule has 0 spiro atoms. The summed E-state index contributed by atoms with van der Waals surface area (Å²) in [6, 6.07) is 0. The van der Waals surface area contributed by atoms with Gasteiger partial charge in [0.05, 0.1) is 11.0 Å². The van der Waals surface area contributed by atoms with Crippen molar-refractivity contribution in [2.75, 3.05) is 32.6 Å². The molecule has 16 heavy (non-hydrogen) atoms. The minimum atomic E-state index is -0.0101. The van der Waals surface area contributed by atoms with Crippen molar-refractivity contribution in [3.63, 3.8) is 0 Å². The second-order valence-corrected chi connectivity index (χ2v) is 4.60. The van der Waals surface area contributed by atoms with E-state index in [4.69, 9.17) is 11.6 Å². The fourth-order valence-corrected chi connectivity index (χ4v) is 1.66. The Kier molecular flexibility index (Phi) is 4.49. The summed E-state index contributed by atoms with van der Waals surface area (Å²) in [5.41, 5.74) is 0. The smallest absolute Gasteiger partial charge is 0.241 e. The molecular weight excluding hydrogens is 295 g/mol. The summed E-state index contributed by atoms with van der Waals surface area (Å²) in [5.74, 6) is 0.583. The van der Waals surface area contributed by atoms with Gasteiger partial charge in [-0.15, -0.1) is 0 Å². The zero-order valence-corrected chi connectivity index (χ0v) is 11.6. The Labute approximate surface area is 108 Å². The van der Waals surface area contributed by atoms with Crippen molar-refractivity contribution in [1.82, 2.24) is 14.9 Å². The van der Waals surface area contributed by atoms with Crippen LogP contribution in [0, 0.1) is 0 Å². The number of nitrogens with zero attached hydrogens (tertiary/aromatic N) is 4. The van der Waals surface area contributed by atoms with E-state index in [0.717, 1.165) is 0 Å². The molecule has 0 saturated carbocycles. The Morgan fingerprint density at radius 1 is 1.44 bits per heavy atom. The summed E-state index contributed by atoms with van der Waals surface area (Å²) in [6.45, 7) is 0.235. The van der Waals surface area contributed by atoms with E-state index in [1.807, 2.05) is 0 Å². The first kappa shape index (κ1) is 13.2. The van der Waals surface area contributed by atoms with Gasteiger partial charge in [0.25, 0.3) is 0 Å². The predicted molar refractivity (Wildman–Crippen MR) is 66.7 cm³/mol. The first-order valence-corrected chi connectivity index (χ1v) is 5.68. The van der Waals surface area contributed by atoms with Gasteiger partial charge in [-0.25, -0.2) is 9.97 Å². The van der Waals surface area contributed by atoms with Gasteiger partial charge >= 0.3 is 0 Å². The van der Waals surface area contributed by atoms with Crippen LogP contribution in [0.25, 0.3) is 0 Å². The number of hydrogen-bond donors (Lipinski definition) is 0. The molecule has 0 N–H and O–H groups in total. The van der Waals surface area contributed by atoms with Crippen molar-refractivity contribution < 1.29 is 4.79 Å². The summed E-state index contributed by atoms with van der Waals surface area (Å²) in [7, 11) is 5.18. The molecule has 1 rings (SSSR count). The molecule has 0 radical (unpaired) electrons. The van der Waals surface area contributed by atoms with E-state index in [-0.39, 0.29) is 12.5 Å². The summed E-state index contributed by atoms with van der Waals surface area (Å²) in [4.78, 5) is 22.6. The highest BCUT2D eigenvalue weighted by atomic mass is 79.9. The number of aromatic nitrogens is 2. The molecule has 0 aliphatic heterocycles. The normalized spacial score (nSPS) is 10.1. The van der Waals surface area contributed by atoms with Crippen LogP contribution in [0.5, 0.6) is 0 Å². The fourth-order valence-electron chi connectivity index (χ4n) is 1.03. The van der Waals surface area contributed by atoms with Crippen LogP contribution >= 0.6 is 27.5 Å². The number of carbonyl (C=O) groups is 1. The molecule has 7 heteroatoms. The van der Waals surface area contributed by atoms with E-state index in [9.17, 15) is 4.79 Å². The van der Waals surface area contributed by atoms with E-state index in [2.05, 4.69) is 25.9 Å². The zero-order valence-electron chi connectivity index (χ0n) is 9.24. The maximum absolute atomic E-state index is 11.5. The molecule has 5 nitrogen and oxygen atoms in total. The molecule has 0 aromatic carbocycles. The Morgan fingerprint density at radius 3 is 2.62 bits per heavy atom. The van der Waals surface area contributed by atoms with E-state index >= 15 is 0 Å². The lowest BCUT2D eigenvalue weighted by Gasteiger charge is -2.20. The highest BCUT2D eigenvalue weighted by molar-refractivity contribution is 9.10. The quantitative estimate of drug-likeness (QED) is 0.793. The van der Waals surface area contributed by atoms with Gasteiger partial charge in [0.2, 0.25) is 5.91 Å². The van der Waals surface area contributed by atoms with Crippen molar-refractivity contribution in [2.24, 2.45) is 0 Å². The lowest BCUT2D eigenvalue weighted by molar-refractivity contribution is -0.127. The molecule has 0 fully saturated rings. The maximum Gasteiger partial charge on any atom is 0.241 e. The molecule has 0 atom stereocenters. The summed E-state index contributed by atoms with van der Waals surface area (Å²) in [5, 5.41) is 0.328. The third kappa shape index (κ3) is 3.05. The summed E-state index contributed by atoms with van der Waals surface area (Å²) >= 11 is 9.12. The van der Waals surface area contributed by atoms with E-state index in [1.165, 1.54) is 11.2 Å². The Morgan fingerprint density at radius 2 is 2.06 bits per heavy atom. The topological polar surface area (TPSA) is 49.3 Å². The molecule has 1 heterocycles. The van der Waals surface area contributed by atoms with E-state index < -0.39 is 0 Å². The molecule has 0 saturated heterocycles. The average Bonchev–Trinajstić information content (AvgIpc) is 2.21. The Bertz CT molecular complexity index is 399. The number of amides is 1. The molecule has 0 aliphatic rings. The van der Waals surface area contributed by atoms with Crippen LogP contribution in [0.3, 0.4) is 0 Å². The van der Waals surface area contributed by atoms with Crippen LogP contribution in [-0.4, -0.2) is 48.5 Å². The second kappa shape index (κ2) is 5.45. The summed E-state index contributed by atoms with van der Waals surface area (Å²) in [6.07, 6.45) is 1.36. The highest BCUT2D eigenvalue weighted by Crippen LogP contribution is 2.28. The minimum absolute atomic E-state index is 0.0101. The number of carbonyl (C=O) groups excluding carboxylic acids is 1. The molecule has 1 aromatic heterocycles. The van der Waals surface area contributed by atoms with Gasteiger partial charge in [-0.1, -0.05) is 11.6 Å². The van der Waals surface area contributed by atoms with E-state index in [0.29, 0.717) is 15.4 Å². The molecule has 1 aromatic rings. The number of halogens is 2. The first-order chi connectivity index (χ1) is 7.43. The Balaban J connectivity index is 2.85. The van der Waals surface area contributed by atoms with Crippen LogP contribution < -0.4 is 4.90 Å². The molecule has 0 unspecified atom stereocenters. The number of likely N-dealkylation sites (N-methyl/N-ethyl adjacent to an activating group) is 2. The predicted octanol–water partition coefficient (Wildman–Crippen LogP) is 1.42. The van der Waals surface area contributed by atoms with Crippen molar-refractivity contribution >= 4 is 39.3 Å². The van der Waals surface area contributed by atoms with Crippen LogP contribution in [0.4, 0.5) is 5.82 Å². The minimum Gasteiger partial charge on any atom is -0.349 e. The van der Waals surface area contributed by atoms with Crippen molar-refractivity contribution in [1.29, 1.82) is 0 Å². The van der Waals surface area contributed by atoms with Crippen molar-refractivity contribution in [3.8, 4) is 0 Å². The van der Waals surface area contributed by atoms with Gasteiger partial charge in [0.1, 0.15) is 17.3 Å². The van der Waals surface area contributed by atoms with Gasteiger partial charge < -0.3 is 9.80 Å². The molecule has 88 valence electrons. The van der Waals surface area contributed by atoms with Crippen LogP contribution in [0.15, 0.2) is 10.8 Å². The number of anilines is 1. The van der Waals surface area contributed by atoms with Crippen LogP contribution in [-0.2, 0) is 4.79 Å². The Hall–Kier alpha value is -0.880. The number of hydrogen-bond acceptors (Lipinski definition) is 4. The highest BCUT2D eigenvalue weighted by Gasteiger charge is 2.14. The first-order valence-electron chi connectivity index (χ1n) is 4.50. The van der Waals surface area contributed by atoms with Crippen molar-refractivity contribution in [3.05, 3.63) is 16.0 Å². The maximum atomic E-state index is 11.5. The largest absolute Gasteiger partial charge is 0.349 e. The van der Waals surface area contributed by atoms with Gasteiger partial charge in [-0.3, -0.25) is 4.79 Å². The van der Waals surface area contributed by atoms with Crippen molar-refractivity contribution in [2.45, 2.75) is 0 Å². The molecular formula is C9H12BrClN4O. The lowest BCUT2D eigenvalue weighted by Crippen LogP contribution is -2.34. The van der Waals surface area contributed by atoms with Crippen LogP contribution in [0.2, 0.25) is 5.15 Å². The van der Waals surface area contributed by atoms with E-state index in [1.54, 1.807) is 26.0 Å². The zero-order chi connectivity index (χ0) is 12.3. The SMILES string of the molecule is CN(C)C(=O)CN(C)c1ncnc(Cl)c1Br. The lowest BCUT2D eigenvalue weighted by atomic mass is 10.4. The number of rotatable bonds is 3. The fraction of sp³-hybridized carbons (Fsp3) is 0.444. The molecule has 0 aliphatic carbocycles. The van der Waals surface area contributed by atoms with Gasteiger partial charge in [-0.2, -0.15) is 0 Å². The molecule has 1 amide bonds. The summed E-state index contributed by atoms with van der Waals surface area (Å²) < 4.78 is 0.589. The third-order valence-electron chi connectivity index (χ3n) is 1.96. The van der Waals surface area contributed by atoms with Gasteiger partial charge in [0, 0.05) is 21.1 Å². The molecule has 0 bridgehead atoms. The van der Waals surface area contributed by atoms with Gasteiger partial charge in [-0.05, 0) is 15.9 Å². The van der Waals surface area contributed by atoms with Gasteiger partial charge in [0.15, 0.2) is 0 Å². The second-order valence-electron chi connectivity index (χ2n) is 3.45. The monoisotopic (exact) mass is 306 g/mol. The third-order valence-corrected chi connectivity index (χ3v) is 3.21. The average molecular weight is 308 g/mol. The van der Waals surface area contributed by atoms with Crippen LogP contribution in [0.1, 0.15) is 0 Å².